The van der Waals surface area contributed by atoms with Crippen LogP contribution in [-0.2, 0) is 16.1 Å². The van der Waals surface area contributed by atoms with Gasteiger partial charge >= 0.3 is 0 Å². The van der Waals surface area contributed by atoms with Crippen molar-refractivity contribution in [1.29, 1.82) is 0 Å². The van der Waals surface area contributed by atoms with Crippen LogP contribution in [0.25, 0.3) is 0 Å². The van der Waals surface area contributed by atoms with Crippen LogP contribution in [0.4, 0.5) is 0 Å². The SMILES string of the molecule is O=C(CCN(CCO)Cc1ccccc1)N1CCOCC1. The number of aliphatic hydroxyl groups excluding tert-OH is 1. The number of carbonyl (C=O) groups excluding carboxylic acids is 1. The van der Waals surface area contributed by atoms with Crippen LogP contribution >= 0.6 is 0 Å². The Labute approximate surface area is 126 Å². The van der Waals surface area contributed by atoms with Gasteiger partial charge < -0.3 is 14.7 Å². The van der Waals surface area contributed by atoms with Crippen molar-refractivity contribution in [1.82, 2.24) is 9.80 Å². The molecule has 5 heteroatoms. The fourth-order valence-corrected chi connectivity index (χ4v) is 2.48. The molecule has 0 atom stereocenters. The number of ether oxygens (including phenoxy) is 1. The number of nitrogens with zero attached hydrogens (tertiary/aromatic N) is 2. The van der Waals surface area contributed by atoms with Gasteiger partial charge in [0.25, 0.3) is 0 Å². The molecule has 0 aromatic heterocycles. The summed E-state index contributed by atoms with van der Waals surface area (Å²) in [6.45, 7) is 4.79. The minimum Gasteiger partial charge on any atom is -0.395 e. The molecule has 0 unspecified atom stereocenters. The lowest BCUT2D eigenvalue weighted by atomic mass is 10.2. The number of carbonyl (C=O) groups is 1. The van der Waals surface area contributed by atoms with Crippen molar-refractivity contribution in [3.63, 3.8) is 0 Å². The van der Waals surface area contributed by atoms with Crippen molar-refractivity contribution in [2.75, 3.05) is 46.0 Å². The fraction of sp³-hybridized carbons (Fsp3) is 0.562. The average Bonchev–Trinajstić information content (AvgIpc) is 2.54. The molecule has 21 heavy (non-hydrogen) atoms. The molecule has 1 N–H and O–H groups in total. The first-order chi connectivity index (χ1) is 10.3. The van der Waals surface area contributed by atoms with Gasteiger partial charge in [0.05, 0.1) is 19.8 Å². The fourth-order valence-electron chi connectivity index (χ4n) is 2.48. The Morgan fingerprint density at radius 3 is 2.57 bits per heavy atom. The van der Waals surface area contributed by atoms with E-state index in [0.717, 1.165) is 6.54 Å². The highest BCUT2D eigenvalue weighted by Crippen LogP contribution is 2.06. The van der Waals surface area contributed by atoms with Gasteiger partial charge in [0, 0.05) is 39.1 Å². The number of aliphatic hydroxyl groups is 1. The first kappa shape index (κ1) is 15.9. The smallest absolute Gasteiger partial charge is 0.224 e. The standard InChI is InChI=1S/C16H24N2O3/c19-11-8-17(14-15-4-2-1-3-5-15)7-6-16(20)18-9-12-21-13-10-18/h1-5,19H,6-14H2. The van der Waals surface area contributed by atoms with Crippen LogP contribution in [0, 0.1) is 0 Å². The first-order valence-electron chi connectivity index (χ1n) is 7.52. The summed E-state index contributed by atoms with van der Waals surface area (Å²) in [5.41, 5.74) is 1.20. The molecule has 0 bridgehead atoms. The molecule has 116 valence electrons. The van der Waals surface area contributed by atoms with Crippen LogP contribution in [0.5, 0.6) is 0 Å². The van der Waals surface area contributed by atoms with Crippen LogP contribution in [0.2, 0.25) is 0 Å². The largest absolute Gasteiger partial charge is 0.395 e. The van der Waals surface area contributed by atoms with Gasteiger partial charge in [-0.1, -0.05) is 30.3 Å². The van der Waals surface area contributed by atoms with Gasteiger partial charge in [-0.15, -0.1) is 0 Å². The van der Waals surface area contributed by atoms with E-state index in [4.69, 9.17) is 4.74 Å². The third kappa shape index (κ3) is 5.46. The molecule has 1 aliphatic heterocycles. The molecular formula is C16H24N2O3. The van der Waals surface area contributed by atoms with Gasteiger partial charge in [-0.3, -0.25) is 9.69 Å². The third-order valence-electron chi connectivity index (χ3n) is 3.67. The normalized spacial score (nSPS) is 15.4. The van der Waals surface area contributed by atoms with E-state index in [1.807, 2.05) is 23.1 Å². The maximum atomic E-state index is 12.1. The number of benzene rings is 1. The molecule has 1 fully saturated rings. The summed E-state index contributed by atoms with van der Waals surface area (Å²) in [5, 5.41) is 9.18. The highest BCUT2D eigenvalue weighted by atomic mass is 16.5. The quantitative estimate of drug-likeness (QED) is 0.805. The number of hydrogen-bond donors (Lipinski definition) is 1. The van der Waals surface area contributed by atoms with Crippen molar-refractivity contribution in [2.24, 2.45) is 0 Å². The van der Waals surface area contributed by atoms with Crippen LogP contribution in [0.15, 0.2) is 30.3 Å². The Bertz CT molecular complexity index is 419. The Kier molecular flexibility index (Phi) is 6.66. The van der Waals surface area contributed by atoms with Crippen molar-refractivity contribution >= 4 is 5.91 Å². The van der Waals surface area contributed by atoms with E-state index in [9.17, 15) is 9.90 Å². The zero-order chi connectivity index (χ0) is 14.9. The predicted octanol–water partition coefficient (Wildman–Crippen LogP) is 0.730. The van der Waals surface area contributed by atoms with Crippen molar-refractivity contribution in [2.45, 2.75) is 13.0 Å². The van der Waals surface area contributed by atoms with Crippen molar-refractivity contribution in [3.05, 3.63) is 35.9 Å². The summed E-state index contributed by atoms with van der Waals surface area (Å²) in [5.74, 6) is 0.175. The summed E-state index contributed by atoms with van der Waals surface area (Å²) in [6.07, 6.45) is 0.493. The minimum absolute atomic E-state index is 0.110. The van der Waals surface area contributed by atoms with Crippen molar-refractivity contribution < 1.29 is 14.6 Å². The molecule has 1 aromatic rings. The zero-order valence-electron chi connectivity index (χ0n) is 12.4. The van der Waals surface area contributed by atoms with Gasteiger partial charge in [-0.05, 0) is 5.56 Å². The second-order valence-corrected chi connectivity index (χ2v) is 5.23. The van der Waals surface area contributed by atoms with E-state index in [0.29, 0.717) is 45.8 Å². The van der Waals surface area contributed by atoms with E-state index in [1.165, 1.54) is 5.56 Å². The average molecular weight is 292 g/mol. The highest BCUT2D eigenvalue weighted by Gasteiger charge is 2.17. The predicted molar refractivity (Wildman–Crippen MR) is 80.8 cm³/mol. The molecule has 1 amide bonds. The summed E-state index contributed by atoms with van der Waals surface area (Å²) in [7, 11) is 0. The summed E-state index contributed by atoms with van der Waals surface area (Å²) in [6, 6.07) is 10.1. The lowest BCUT2D eigenvalue weighted by Gasteiger charge is -2.28. The van der Waals surface area contributed by atoms with Gasteiger partial charge in [-0.25, -0.2) is 0 Å². The molecule has 1 saturated heterocycles. The third-order valence-corrected chi connectivity index (χ3v) is 3.67. The molecule has 0 aliphatic carbocycles. The van der Waals surface area contributed by atoms with Crippen LogP contribution in [-0.4, -0.2) is 66.8 Å². The number of amides is 1. The van der Waals surface area contributed by atoms with Crippen LogP contribution in [0.1, 0.15) is 12.0 Å². The molecule has 5 nitrogen and oxygen atoms in total. The summed E-state index contributed by atoms with van der Waals surface area (Å²) >= 11 is 0. The Morgan fingerprint density at radius 2 is 1.90 bits per heavy atom. The van der Waals surface area contributed by atoms with Gasteiger partial charge in [-0.2, -0.15) is 0 Å². The maximum Gasteiger partial charge on any atom is 0.224 e. The van der Waals surface area contributed by atoms with Gasteiger partial charge in [0.1, 0.15) is 0 Å². The molecule has 0 radical (unpaired) electrons. The molecule has 1 aromatic carbocycles. The second kappa shape index (κ2) is 8.77. The van der Waals surface area contributed by atoms with Crippen molar-refractivity contribution in [3.8, 4) is 0 Å². The number of rotatable bonds is 7. The Balaban J connectivity index is 1.80. The minimum atomic E-state index is 0.110. The lowest BCUT2D eigenvalue weighted by molar-refractivity contribution is -0.135. The van der Waals surface area contributed by atoms with Gasteiger partial charge in [0.15, 0.2) is 0 Å². The van der Waals surface area contributed by atoms with Crippen LogP contribution < -0.4 is 0 Å². The number of hydrogen-bond acceptors (Lipinski definition) is 4. The molecular weight excluding hydrogens is 268 g/mol. The maximum absolute atomic E-state index is 12.1. The van der Waals surface area contributed by atoms with E-state index < -0.39 is 0 Å². The molecule has 0 saturated carbocycles. The monoisotopic (exact) mass is 292 g/mol. The second-order valence-electron chi connectivity index (χ2n) is 5.23. The van der Waals surface area contributed by atoms with E-state index in [2.05, 4.69) is 17.0 Å². The lowest BCUT2D eigenvalue weighted by Crippen LogP contribution is -2.42. The Morgan fingerprint density at radius 1 is 1.19 bits per heavy atom. The summed E-state index contributed by atoms with van der Waals surface area (Å²) in [4.78, 5) is 16.1. The van der Waals surface area contributed by atoms with E-state index in [1.54, 1.807) is 0 Å². The molecule has 0 spiro atoms. The zero-order valence-corrected chi connectivity index (χ0v) is 12.4. The summed E-state index contributed by atoms with van der Waals surface area (Å²) < 4.78 is 5.26. The van der Waals surface area contributed by atoms with E-state index in [-0.39, 0.29) is 12.5 Å². The Hall–Kier alpha value is -1.43. The van der Waals surface area contributed by atoms with Crippen LogP contribution in [0.3, 0.4) is 0 Å². The first-order valence-corrected chi connectivity index (χ1v) is 7.52. The van der Waals surface area contributed by atoms with Gasteiger partial charge in [0.2, 0.25) is 5.91 Å². The molecule has 1 heterocycles. The number of morpholine rings is 1. The highest BCUT2D eigenvalue weighted by molar-refractivity contribution is 5.76. The topological polar surface area (TPSA) is 53.0 Å². The molecule has 1 aliphatic rings. The van der Waals surface area contributed by atoms with E-state index >= 15 is 0 Å². The molecule has 2 rings (SSSR count).